The van der Waals surface area contributed by atoms with Gasteiger partial charge in [-0.05, 0) is 6.92 Å². The van der Waals surface area contributed by atoms with Gasteiger partial charge in [0.25, 0.3) is 0 Å². The predicted octanol–water partition coefficient (Wildman–Crippen LogP) is -1.37. The lowest BCUT2D eigenvalue weighted by Crippen LogP contribution is -2.12. The van der Waals surface area contributed by atoms with E-state index in [2.05, 4.69) is 12.6 Å². The largest absolute Gasteiger partial charge is 0.394 e. The van der Waals surface area contributed by atoms with Crippen molar-refractivity contribution in [3.63, 3.8) is 0 Å². The van der Waals surface area contributed by atoms with Gasteiger partial charge >= 0.3 is 0 Å². The molecule has 0 rings (SSSR count). The molecule has 0 heterocycles. The van der Waals surface area contributed by atoms with E-state index in [1.807, 2.05) is 0 Å². The van der Waals surface area contributed by atoms with Crippen molar-refractivity contribution >= 4 is 12.6 Å². The molecule has 0 aliphatic carbocycles. The molecule has 0 radical (unpaired) electrons. The Morgan fingerprint density at radius 2 is 1.55 bits per heavy atom. The second-order valence-corrected chi connectivity index (χ2v) is 2.42. The predicted molar refractivity (Wildman–Crippen MR) is 45.7 cm³/mol. The molecule has 5 heteroatoms. The number of rotatable bonds is 3. The van der Waals surface area contributed by atoms with Crippen LogP contribution >= 0.6 is 12.6 Å². The Morgan fingerprint density at radius 1 is 1.18 bits per heavy atom. The molecule has 2 unspecified atom stereocenters. The van der Waals surface area contributed by atoms with Crippen LogP contribution in [0.15, 0.2) is 0 Å². The zero-order valence-corrected chi connectivity index (χ0v) is 7.41. The first kappa shape index (κ1) is 13.8. The summed E-state index contributed by atoms with van der Waals surface area (Å²) in [6.45, 7) is 1.20. The van der Waals surface area contributed by atoms with Crippen LogP contribution < -0.4 is 0 Å². The van der Waals surface area contributed by atoms with Crippen LogP contribution in [0.3, 0.4) is 0 Å². The molecule has 4 N–H and O–H groups in total. The summed E-state index contributed by atoms with van der Waals surface area (Å²) >= 11 is 3.69. The summed E-state index contributed by atoms with van der Waals surface area (Å²) in [6.07, 6.45) is -1.21. The van der Waals surface area contributed by atoms with Crippen LogP contribution in [0.1, 0.15) is 6.92 Å². The van der Waals surface area contributed by atoms with E-state index in [0.717, 1.165) is 0 Å². The van der Waals surface area contributed by atoms with E-state index in [1.54, 1.807) is 0 Å². The molecule has 70 valence electrons. The van der Waals surface area contributed by atoms with E-state index in [-0.39, 0.29) is 13.2 Å². The zero-order chi connectivity index (χ0) is 9.28. The second-order valence-electron chi connectivity index (χ2n) is 2.05. The molecular weight excluding hydrogens is 168 g/mol. The highest BCUT2D eigenvalue weighted by atomic mass is 32.1. The molecule has 0 aliphatic heterocycles. The zero-order valence-electron chi connectivity index (χ0n) is 6.51. The molecular formula is C6H16O4S. The van der Waals surface area contributed by atoms with Gasteiger partial charge < -0.3 is 20.4 Å². The van der Waals surface area contributed by atoms with E-state index in [9.17, 15) is 0 Å². The van der Waals surface area contributed by atoms with E-state index < -0.39 is 12.2 Å². The molecule has 0 amide bonds. The van der Waals surface area contributed by atoms with Crippen LogP contribution in [0.5, 0.6) is 0 Å². The lowest BCUT2D eigenvalue weighted by atomic mass is 10.4. The molecule has 0 bridgehead atoms. The van der Waals surface area contributed by atoms with Crippen molar-refractivity contribution in [2.45, 2.75) is 19.1 Å². The van der Waals surface area contributed by atoms with Gasteiger partial charge in [0.2, 0.25) is 0 Å². The maximum absolute atomic E-state index is 8.34. The maximum Gasteiger partial charge on any atom is 0.0858 e. The summed E-state index contributed by atoms with van der Waals surface area (Å²) < 4.78 is 0. The van der Waals surface area contributed by atoms with Crippen molar-refractivity contribution < 1.29 is 20.4 Å². The molecule has 0 aromatic rings. The Labute approximate surface area is 71.9 Å². The van der Waals surface area contributed by atoms with Gasteiger partial charge in [0.1, 0.15) is 0 Å². The minimum atomic E-state index is -0.645. The quantitative estimate of drug-likeness (QED) is 0.351. The molecule has 0 saturated carbocycles. The van der Waals surface area contributed by atoms with E-state index in [4.69, 9.17) is 20.4 Å². The summed E-state index contributed by atoms with van der Waals surface area (Å²) in [5, 5.41) is 32.4. The summed E-state index contributed by atoms with van der Waals surface area (Å²) in [5.74, 6) is 0.330. The highest BCUT2D eigenvalue weighted by molar-refractivity contribution is 7.80. The van der Waals surface area contributed by atoms with E-state index in [0.29, 0.717) is 5.75 Å². The van der Waals surface area contributed by atoms with Gasteiger partial charge in [-0.15, -0.1) is 0 Å². The Balaban J connectivity index is 0. The molecule has 0 spiro atoms. The average Bonchev–Trinajstić information content (AvgIpc) is 2.04. The van der Waals surface area contributed by atoms with Crippen LogP contribution in [0.4, 0.5) is 0 Å². The smallest absolute Gasteiger partial charge is 0.0858 e. The summed E-state index contributed by atoms with van der Waals surface area (Å²) in [7, 11) is 0. The molecule has 11 heavy (non-hydrogen) atoms. The van der Waals surface area contributed by atoms with Gasteiger partial charge in [0.05, 0.1) is 25.4 Å². The van der Waals surface area contributed by atoms with Gasteiger partial charge in [-0.1, -0.05) is 0 Å². The fourth-order valence-corrected chi connectivity index (χ4v) is 0.173. The third kappa shape index (κ3) is 17.8. The number of thiol groups is 1. The molecule has 2 atom stereocenters. The lowest BCUT2D eigenvalue weighted by Gasteiger charge is -1.96. The fraction of sp³-hybridized carbons (Fsp3) is 1.00. The lowest BCUT2D eigenvalue weighted by molar-refractivity contribution is 0.110. The van der Waals surface area contributed by atoms with Gasteiger partial charge in [0.15, 0.2) is 0 Å². The molecule has 4 nitrogen and oxygen atoms in total. The van der Waals surface area contributed by atoms with Gasteiger partial charge in [-0.3, -0.25) is 0 Å². The summed E-state index contributed by atoms with van der Waals surface area (Å²) in [5.41, 5.74) is 0. The highest BCUT2D eigenvalue weighted by Crippen LogP contribution is 1.81. The highest BCUT2D eigenvalue weighted by Gasteiger charge is 1.92. The SMILES string of the molecule is CC(O)CO.OCC(O)CS. The Bertz CT molecular complexity index is 65.6. The van der Waals surface area contributed by atoms with Gasteiger partial charge in [-0.25, -0.2) is 0 Å². The first-order valence-electron chi connectivity index (χ1n) is 3.27. The fourth-order valence-electron chi connectivity index (χ4n) is 0.0577. The molecule has 0 fully saturated rings. The van der Waals surface area contributed by atoms with Crippen molar-refractivity contribution in [2.75, 3.05) is 19.0 Å². The molecule has 0 aliphatic rings. The van der Waals surface area contributed by atoms with Crippen molar-refractivity contribution in [3.8, 4) is 0 Å². The number of hydrogen-bond donors (Lipinski definition) is 5. The normalized spacial score (nSPS) is 14.7. The number of aliphatic hydroxyl groups excluding tert-OH is 4. The first-order chi connectivity index (χ1) is 5.08. The second kappa shape index (κ2) is 10.2. The Morgan fingerprint density at radius 3 is 1.55 bits per heavy atom. The van der Waals surface area contributed by atoms with E-state index in [1.165, 1.54) is 6.92 Å². The van der Waals surface area contributed by atoms with Crippen LogP contribution in [0, 0.1) is 0 Å². The Hall–Kier alpha value is 0.190. The van der Waals surface area contributed by atoms with Crippen LogP contribution in [-0.4, -0.2) is 51.6 Å². The molecule has 0 aromatic heterocycles. The third-order valence-electron chi connectivity index (χ3n) is 0.686. The van der Waals surface area contributed by atoms with Gasteiger partial charge in [-0.2, -0.15) is 12.6 Å². The summed E-state index contributed by atoms with van der Waals surface area (Å²) in [4.78, 5) is 0. The minimum Gasteiger partial charge on any atom is -0.394 e. The van der Waals surface area contributed by atoms with Crippen LogP contribution in [0.2, 0.25) is 0 Å². The van der Waals surface area contributed by atoms with Crippen molar-refractivity contribution in [3.05, 3.63) is 0 Å². The average molecular weight is 184 g/mol. The van der Waals surface area contributed by atoms with E-state index >= 15 is 0 Å². The topological polar surface area (TPSA) is 80.9 Å². The van der Waals surface area contributed by atoms with Crippen molar-refractivity contribution in [1.29, 1.82) is 0 Å². The van der Waals surface area contributed by atoms with Crippen LogP contribution in [0.25, 0.3) is 0 Å². The number of aliphatic hydroxyl groups is 4. The van der Waals surface area contributed by atoms with Gasteiger partial charge in [0, 0.05) is 5.75 Å². The minimum absolute atomic E-state index is 0.139. The van der Waals surface area contributed by atoms with Crippen LogP contribution in [-0.2, 0) is 0 Å². The summed E-state index contributed by atoms with van der Waals surface area (Å²) in [6, 6.07) is 0. The van der Waals surface area contributed by atoms with Crippen molar-refractivity contribution in [2.24, 2.45) is 0 Å². The monoisotopic (exact) mass is 184 g/mol. The molecule has 0 saturated heterocycles. The third-order valence-corrected chi connectivity index (χ3v) is 1.11. The number of hydrogen-bond acceptors (Lipinski definition) is 5. The molecule has 0 aromatic carbocycles. The maximum atomic E-state index is 8.34. The van der Waals surface area contributed by atoms with Crippen molar-refractivity contribution in [1.82, 2.24) is 0 Å². The standard InChI is InChI=1S/C3H8O2S.C3H8O2/c4-1-3(5)2-6;1-3(5)2-4/h3-6H,1-2H2;3-5H,2H2,1H3. The first-order valence-corrected chi connectivity index (χ1v) is 3.90. The Kier molecular flexibility index (Phi) is 12.7.